The normalized spacial score (nSPS) is 20.8. The van der Waals surface area contributed by atoms with Crippen LogP contribution in [0.3, 0.4) is 0 Å². The quantitative estimate of drug-likeness (QED) is 0.491. The molecule has 1 fully saturated rings. The van der Waals surface area contributed by atoms with E-state index in [1.807, 2.05) is 35.0 Å². The molecule has 0 bridgehead atoms. The molecule has 0 amide bonds. The molecule has 1 aliphatic rings. The van der Waals surface area contributed by atoms with Gasteiger partial charge in [0.05, 0.1) is 39.8 Å². The molecular weight excluding hydrogens is 392 g/mol. The summed E-state index contributed by atoms with van der Waals surface area (Å²) in [5.41, 5.74) is 3.66. The summed E-state index contributed by atoms with van der Waals surface area (Å²) in [5.74, 6) is 0.160. The maximum atomic E-state index is 6.44. The number of aromatic nitrogens is 2. The van der Waals surface area contributed by atoms with Crippen molar-refractivity contribution in [3.63, 3.8) is 0 Å². The molecule has 1 aliphatic heterocycles. The first-order valence-electron chi connectivity index (χ1n) is 10.7. The highest BCUT2D eigenvalue weighted by Gasteiger charge is 2.41. The molecule has 0 spiro atoms. The molecule has 6 heteroatoms. The predicted molar refractivity (Wildman–Crippen MR) is 118 cm³/mol. The zero-order valence-electron chi connectivity index (χ0n) is 18.2. The molecule has 31 heavy (non-hydrogen) atoms. The summed E-state index contributed by atoms with van der Waals surface area (Å²) in [4.78, 5) is 4.16. The van der Waals surface area contributed by atoms with Gasteiger partial charge >= 0.3 is 0 Å². The maximum absolute atomic E-state index is 6.44. The van der Waals surface area contributed by atoms with E-state index in [9.17, 15) is 0 Å². The average Bonchev–Trinajstić information content (AvgIpc) is 3.45. The zero-order valence-corrected chi connectivity index (χ0v) is 18.2. The van der Waals surface area contributed by atoms with Gasteiger partial charge in [0.1, 0.15) is 11.9 Å². The fraction of sp³-hybridized carbons (Fsp3) is 0.400. The Kier molecular flexibility index (Phi) is 7.02. The first kappa shape index (κ1) is 21.6. The highest BCUT2D eigenvalue weighted by Crippen LogP contribution is 2.31. The standard InChI is InChI=1S/C25H30N2O4/c1-20-5-3-4-6-22(20)15-29-16-24-17-30-25(31-24,18-27-14-13-26-19-27)12-11-21-7-9-23(28-2)10-8-21/h3-10,13-14,19,24H,11-12,15-18H2,1-2H3. The van der Waals surface area contributed by atoms with Crippen LogP contribution < -0.4 is 4.74 Å². The summed E-state index contributed by atoms with van der Waals surface area (Å²) in [5, 5.41) is 0. The fourth-order valence-corrected chi connectivity index (χ4v) is 3.85. The molecule has 2 heterocycles. The predicted octanol–water partition coefficient (Wildman–Crippen LogP) is 4.16. The van der Waals surface area contributed by atoms with E-state index in [1.54, 1.807) is 19.6 Å². The topological polar surface area (TPSA) is 54.7 Å². The van der Waals surface area contributed by atoms with Crippen molar-refractivity contribution in [1.29, 1.82) is 0 Å². The van der Waals surface area contributed by atoms with Crippen LogP contribution in [0.1, 0.15) is 23.1 Å². The van der Waals surface area contributed by atoms with Crippen LogP contribution in [0.4, 0.5) is 0 Å². The number of nitrogens with zero attached hydrogens (tertiary/aromatic N) is 2. The van der Waals surface area contributed by atoms with E-state index in [0.29, 0.717) is 26.4 Å². The SMILES string of the molecule is COc1ccc(CCC2(Cn3ccnc3)OCC(COCc3ccccc3C)O2)cc1. The second-order valence-electron chi connectivity index (χ2n) is 7.99. The van der Waals surface area contributed by atoms with Crippen LogP contribution >= 0.6 is 0 Å². The Morgan fingerprint density at radius 2 is 2.00 bits per heavy atom. The van der Waals surface area contributed by atoms with Crippen molar-refractivity contribution >= 4 is 0 Å². The van der Waals surface area contributed by atoms with Crippen LogP contribution in [0.5, 0.6) is 5.75 Å². The van der Waals surface area contributed by atoms with Crippen LogP contribution in [-0.2, 0) is 33.8 Å². The lowest BCUT2D eigenvalue weighted by Gasteiger charge is -2.28. The van der Waals surface area contributed by atoms with Crippen LogP contribution in [0.2, 0.25) is 0 Å². The molecule has 3 aromatic rings. The third-order valence-corrected chi connectivity index (χ3v) is 5.67. The summed E-state index contributed by atoms with van der Waals surface area (Å²) in [6, 6.07) is 16.4. The summed E-state index contributed by atoms with van der Waals surface area (Å²) in [6.45, 7) is 4.29. The number of ether oxygens (including phenoxy) is 4. The van der Waals surface area contributed by atoms with Gasteiger partial charge in [0.2, 0.25) is 0 Å². The van der Waals surface area contributed by atoms with E-state index in [4.69, 9.17) is 18.9 Å². The smallest absolute Gasteiger partial charge is 0.187 e. The second kappa shape index (κ2) is 10.1. The first-order valence-corrected chi connectivity index (χ1v) is 10.7. The van der Waals surface area contributed by atoms with Crippen LogP contribution in [0.25, 0.3) is 0 Å². The van der Waals surface area contributed by atoms with E-state index < -0.39 is 5.79 Å². The summed E-state index contributed by atoms with van der Waals surface area (Å²) in [7, 11) is 1.68. The largest absolute Gasteiger partial charge is 0.497 e. The number of benzene rings is 2. The van der Waals surface area contributed by atoms with Gasteiger partial charge in [-0.3, -0.25) is 0 Å². The van der Waals surface area contributed by atoms with Gasteiger partial charge in [-0.15, -0.1) is 0 Å². The third kappa shape index (κ3) is 5.73. The third-order valence-electron chi connectivity index (χ3n) is 5.67. The lowest BCUT2D eigenvalue weighted by molar-refractivity contribution is -0.187. The lowest BCUT2D eigenvalue weighted by atomic mass is 10.0. The summed E-state index contributed by atoms with van der Waals surface area (Å²) < 4.78 is 25.9. The fourth-order valence-electron chi connectivity index (χ4n) is 3.85. The number of hydrogen-bond acceptors (Lipinski definition) is 5. The molecule has 6 nitrogen and oxygen atoms in total. The summed E-state index contributed by atoms with van der Waals surface area (Å²) in [6.07, 6.45) is 6.99. The Labute approximate surface area is 183 Å². The number of rotatable bonds is 10. The minimum Gasteiger partial charge on any atom is -0.497 e. The highest BCUT2D eigenvalue weighted by molar-refractivity contribution is 5.27. The molecule has 1 saturated heterocycles. The van der Waals surface area contributed by atoms with Crippen molar-refractivity contribution in [2.45, 2.75) is 44.8 Å². The van der Waals surface area contributed by atoms with Crippen molar-refractivity contribution < 1.29 is 18.9 Å². The molecule has 164 valence electrons. The van der Waals surface area contributed by atoms with Gasteiger partial charge in [-0.2, -0.15) is 0 Å². The molecule has 2 atom stereocenters. The van der Waals surface area contributed by atoms with Crippen molar-refractivity contribution in [1.82, 2.24) is 9.55 Å². The van der Waals surface area contributed by atoms with Gasteiger partial charge in [-0.25, -0.2) is 4.98 Å². The maximum Gasteiger partial charge on any atom is 0.187 e. The van der Waals surface area contributed by atoms with Crippen molar-refractivity contribution in [3.8, 4) is 5.75 Å². The Balaban J connectivity index is 1.36. The molecule has 1 aromatic heterocycles. The van der Waals surface area contributed by atoms with E-state index in [1.165, 1.54) is 16.7 Å². The van der Waals surface area contributed by atoms with Gasteiger partial charge < -0.3 is 23.5 Å². The highest BCUT2D eigenvalue weighted by atomic mass is 16.8. The van der Waals surface area contributed by atoms with Crippen LogP contribution in [0, 0.1) is 6.92 Å². The van der Waals surface area contributed by atoms with Crippen molar-refractivity contribution in [2.24, 2.45) is 0 Å². The molecule has 2 unspecified atom stereocenters. The van der Waals surface area contributed by atoms with Crippen LogP contribution in [-0.4, -0.2) is 41.8 Å². The second-order valence-corrected chi connectivity index (χ2v) is 7.99. The monoisotopic (exact) mass is 422 g/mol. The van der Waals surface area contributed by atoms with Gasteiger partial charge in [0.25, 0.3) is 0 Å². The molecule has 0 saturated carbocycles. The number of aryl methyl sites for hydroxylation is 2. The van der Waals surface area contributed by atoms with Gasteiger partial charge in [-0.05, 0) is 42.2 Å². The van der Waals surface area contributed by atoms with Gasteiger partial charge in [-0.1, -0.05) is 36.4 Å². The van der Waals surface area contributed by atoms with Crippen molar-refractivity contribution in [2.75, 3.05) is 20.3 Å². The van der Waals surface area contributed by atoms with Crippen molar-refractivity contribution in [3.05, 3.63) is 83.9 Å². The molecule has 0 aliphatic carbocycles. The Morgan fingerprint density at radius 3 is 2.74 bits per heavy atom. The molecule has 0 N–H and O–H groups in total. The van der Waals surface area contributed by atoms with E-state index in [-0.39, 0.29) is 6.10 Å². The first-order chi connectivity index (χ1) is 15.2. The minimum atomic E-state index is -0.697. The van der Waals surface area contributed by atoms with Gasteiger partial charge in [0.15, 0.2) is 5.79 Å². The lowest BCUT2D eigenvalue weighted by Crippen LogP contribution is -2.37. The Morgan fingerprint density at radius 1 is 1.16 bits per heavy atom. The molecular formula is C25H30N2O4. The molecule has 0 radical (unpaired) electrons. The number of hydrogen-bond donors (Lipinski definition) is 0. The Hall–Kier alpha value is -2.67. The average molecular weight is 423 g/mol. The molecule has 2 aromatic carbocycles. The number of methoxy groups -OCH3 is 1. The Bertz CT molecular complexity index is 942. The minimum absolute atomic E-state index is 0.0941. The zero-order chi connectivity index (χ0) is 21.5. The van der Waals surface area contributed by atoms with Crippen LogP contribution in [0.15, 0.2) is 67.3 Å². The molecule has 4 rings (SSSR count). The number of imidazole rings is 1. The van der Waals surface area contributed by atoms with E-state index in [0.717, 1.165) is 18.6 Å². The van der Waals surface area contributed by atoms with E-state index >= 15 is 0 Å². The summed E-state index contributed by atoms with van der Waals surface area (Å²) >= 11 is 0. The van der Waals surface area contributed by atoms with Gasteiger partial charge in [0, 0.05) is 18.8 Å². The van der Waals surface area contributed by atoms with E-state index in [2.05, 4.69) is 36.2 Å².